The highest BCUT2D eigenvalue weighted by Crippen LogP contribution is 2.32. The largest absolute Gasteiger partial charge is 0.488 e. The minimum atomic E-state index is -0.182. The summed E-state index contributed by atoms with van der Waals surface area (Å²) < 4.78 is 5.98. The maximum Gasteiger partial charge on any atom is 0.227 e. The van der Waals surface area contributed by atoms with E-state index in [-0.39, 0.29) is 17.9 Å². The van der Waals surface area contributed by atoms with Crippen molar-refractivity contribution in [3.8, 4) is 17.0 Å². The molecule has 0 bridgehead atoms. The number of hydrogen-bond acceptors (Lipinski definition) is 4. The van der Waals surface area contributed by atoms with Crippen LogP contribution >= 0.6 is 0 Å². The number of amides is 1. The lowest BCUT2D eigenvalue weighted by atomic mass is 10.0. The molecule has 2 unspecified atom stereocenters. The molecule has 1 aromatic heterocycles. The molecular formula is C22H21N3O2. The number of hydrogen-bond donors (Lipinski definition) is 1. The average Bonchev–Trinajstić information content (AvgIpc) is 3.15. The van der Waals surface area contributed by atoms with E-state index in [1.54, 1.807) is 18.6 Å². The van der Waals surface area contributed by atoms with Gasteiger partial charge in [0.25, 0.3) is 0 Å². The molecule has 0 saturated heterocycles. The van der Waals surface area contributed by atoms with Crippen LogP contribution in [0, 0.1) is 0 Å². The second-order valence-corrected chi connectivity index (χ2v) is 6.73. The Morgan fingerprint density at radius 3 is 2.85 bits per heavy atom. The number of rotatable bonds is 5. The van der Waals surface area contributed by atoms with E-state index in [4.69, 9.17) is 4.74 Å². The summed E-state index contributed by atoms with van der Waals surface area (Å²) in [5.41, 5.74) is 4.01. The minimum absolute atomic E-state index is 0.0148. The molecule has 1 amide bonds. The molecule has 136 valence electrons. The summed E-state index contributed by atoms with van der Waals surface area (Å²) >= 11 is 0. The van der Waals surface area contributed by atoms with Gasteiger partial charge in [-0.05, 0) is 36.2 Å². The molecule has 3 aromatic rings. The summed E-state index contributed by atoms with van der Waals surface area (Å²) in [5, 5.41) is 3.02. The molecule has 4 rings (SSSR count). The first-order valence-electron chi connectivity index (χ1n) is 9.09. The van der Waals surface area contributed by atoms with Crippen LogP contribution in [0.1, 0.15) is 24.0 Å². The van der Waals surface area contributed by atoms with Crippen molar-refractivity contribution in [2.24, 2.45) is 0 Å². The number of fused-ring (bicyclic) bond motifs is 1. The van der Waals surface area contributed by atoms with E-state index in [1.165, 1.54) is 0 Å². The van der Waals surface area contributed by atoms with Crippen LogP contribution < -0.4 is 10.1 Å². The Balaban J connectivity index is 1.37. The molecule has 27 heavy (non-hydrogen) atoms. The van der Waals surface area contributed by atoms with Crippen molar-refractivity contribution in [2.75, 3.05) is 6.54 Å². The number of carbonyl (C=O) groups is 1. The molecule has 1 aliphatic heterocycles. The Labute approximate surface area is 158 Å². The Bertz CT molecular complexity index is 929. The number of nitrogens with zero attached hydrogens (tertiary/aromatic N) is 2. The molecule has 5 heteroatoms. The normalized spacial score (nSPS) is 16.3. The van der Waals surface area contributed by atoms with Crippen LogP contribution in [0.25, 0.3) is 11.3 Å². The Hall–Kier alpha value is -3.21. The summed E-state index contributed by atoms with van der Waals surface area (Å²) in [4.78, 5) is 20.9. The van der Waals surface area contributed by atoms with E-state index < -0.39 is 0 Å². The van der Waals surface area contributed by atoms with Crippen molar-refractivity contribution in [3.05, 3.63) is 78.2 Å². The number of nitrogens with one attached hydrogen (secondary N) is 1. The van der Waals surface area contributed by atoms with Crippen LogP contribution in [-0.2, 0) is 11.2 Å². The van der Waals surface area contributed by atoms with E-state index in [1.807, 2.05) is 49.4 Å². The Morgan fingerprint density at radius 1 is 1.22 bits per heavy atom. The molecule has 0 fully saturated rings. The minimum Gasteiger partial charge on any atom is -0.488 e. The third-order valence-corrected chi connectivity index (χ3v) is 4.86. The third-order valence-electron chi connectivity index (χ3n) is 4.86. The van der Waals surface area contributed by atoms with Gasteiger partial charge in [-0.15, -0.1) is 0 Å². The quantitative estimate of drug-likeness (QED) is 0.759. The van der Waals surface area contributed by atoms with Gasteiger partial charge in [-0.1, -0.05) is 30.3 Å². The predicted octanol–water partition coefficient (Wildman–Crippen LogP) is 3.37. The fraction of sp³-hybridized carbons (Fsp3) is 0.227. The summed E-state index contributed by atoms with van der Waals surface area (Å²) in [6.07, 6.45) is 5.81. The summed E-state index contributed by atoms with van der Waals surface area (Å²) in [5.74, 6) is 0.706. The lowest BCUT2D eigenvalue weighted by Gasteiger charge is -2.15. The highest BCUT2D eigenvalue weighted by Gasteiger charge is 2.25. The van der Waals surface area contributed by atoms with Gasteiger partial charge in [0.15, 0.2) is 0 Å². The zero-order valence-corrected chi connectivity index (χ0v) is 15.1. The van der Waals surface area contributed by atoms with Crippen molar-refractivity contribution in [2.45, 2.75) is 25.4 Å². The topological polar surface area (TPSA) is 64.1 Å². The smallest absolute Gasteiger partial charge is 0.227 e. The molecule has 1 aliphatic rings. The van der Waals surface area contributed by atoms with Crippen LogP contribution in [0.2, 0.25) is 0 Å². The number of benzene rings is 2. The lowest BCUT2D eigenvalue weighted by Crippen LogP contribution is -2.36. The molecule has 1 N–H and O–H groups in total. The SMILES string of the molecule is CC(C(=O)NCC1Cc2cc(-c3cnccn3)ccc2O1)c1ccccc1. The number of carbonyl (C=O) groups excluding carboxylic acids is 1. The van der Waals surface area contributed by atoms with Gasteiger partial charge >= 0.3 is 0 Å². The average molecular weight is 359 g/mol. The van der Waals surface area contributed by atoms with E-state index in [0.29, 0.717) is 6.54 Å². The van der Waals surface area contributed by atoms with Crippen LogP contribution in [0.3, 0.4) is 0 Å². The first kappa shape index (κ1) is 17.2. The van der Waals surface area contributed by atoms with Gasteiger partial charge in [0.05, 0.1) is 24.4 Å². The van der Waals surface area contributed by atoms with Gasteiger partial charge in [-0.25, -0.2) is 0 Å². The molecule has 0 aliphatic carbocycles. The molecule has 5 nitrogen and oxygen atoms in total. The second kappa shape index (κ2) is 7.58. The van der Waals surface area contributed by atoms with Crippen molar-refractivity contribution < 1.29 is 9.53 Å². The van der Waals surface area contributed by atoms with Crippen LogP contribution in [0.4, 0.5) is 0 Å². The standard InChI is InChI=1S/C22H21N3O2/c1-15(16-5-3-2-4-6-16)22(26)25-13-19-12-18-11-17(7-8-21(18)27-19)20-14-23-9-10-24-20/h2-11,14-15,19H,12-13H2,1H3,(H,25,26). The molecule has 2 atom stereocenters. The monoisotopic (exact) mass is 359 g/mol. The van der Waals surface area contributed by atoms with E-state index in [0.717, 1.165) is 34.6 Å². The van der Waals surface area contributed by atoms with E-state index in [2.05, 4.69) is 21.4 Å². The summed E-state index contributed by atoms with van der Waals surface area (Å²) in [7, 11) is 0. The van der Waals surface area contributed by atoms with Crippen LogP contribution in [0.15, 0.2) is 67.1 Å². The van der Waals surface area contributed by atoms with Gasteiger partial charge in [-0.3, -0.25) is 14.8 Å². The second-order valence-electron chi connectivity index (χ2n) is 6.73. The molecule has 2 aromatic carbocycles. The maximum atomic E-state index is 12.4. The zero-order chi connectivity index (χ0) is 18.6. The van der Waals surface area contributed by atoms with E-state index >= 15 is 0 Å². The van der Waals surface area contributed by atoms with Gasteiger partial charge in [0.1, 0.15) is 11.9 Å². The van der Waals surface area contributed by atoms with Gasteiger partial charge in [-0.2, -0.15) is 0 Å². The summed E-state index contributed by atoms with van der Waals surface area (Å²) in [6, 6.07) is 15.8. The van der Waals surface area contributed by atoms with E-state index in [9.17, 15) is 4.79 Å². The molecule has 0 saturated carbocycles. The molecule has 0 radical (unpaired) electrons. The first-order valence-corrected chi connectivity index (χ1v) is 9.09. The van der Waals surface area contributed by atoms with Gasteiger partial charge in [0.2, 0.25) is 5.91 Å². The Morgan fingerprint density at radius 2 is 2.07 bits per heavy atom. The van der Waals surface area contributed by atoms with Crippen molar-refractivity contribution in [1.82, 2.24) is 15.3 Å². The van der Waals surface area contributed by atoms with Crippen molar-refractivity contribution in [3.63, 3.8) is 0 Å². The molecule has 0 spiro atoms. The highest BCUT2D eigenvalue weighted by atomic mass is 16.5. The van der Waals surface area contributed by atoms with Gasteiger partial charge in [0, 0.05) is 24.4 Å². The Kier molecular flexibility index (Phi) is 4.83. The fourth-order valence-corrected chi connectivity index (χ4v) is 3.30. The predicted molar refractivity (Wildman–Crippen MR) is 103 cm³/mol. The fourth-order valence-electron chi connectivity index (χ4n) is 3.30. The summed E-state index contributed by atoms with van der Waals surface area (Å²) in [6.45, 7) is 2.41. The number of aromatic nitrogens is 2. The zero-order valence-electron chi connectivity index (χ0n) is 15.1. The molecule has 2 heterocycles. The van der Waals surface area contributed by atoms with Gasteiger partial charge < -0.3 is 10.1 Å². The first-order chi connectivity index (χ1) is 13.2. The maximum absolute atomic E-state index is 12.4. The van der Waals surface area contributed by atoms with Crippen LogP contribution in [-0.4, -0.2) is 28.5 Å². The highest BCUT2D eigenvalue weighted by molar-refractivity contribution is 5.83. The van der Waals surface area contributed by atoms with Crippen molar-refractivity contribution in [1.29, 1.82) is 0 Å². The third kappa shape index (κ3) is 3.82. The van der Waals surface area contributed by atoms with Crippen LogP contribution in [0.5, 0.6) is 5.75 Å². The molecular weight excluding hydrogens is 338 g/mol. The van der Waals surface area contributed by atoms with Crippen molar-refractivity contribution >= 4 is 5.91 Å². The lowest BCUT2D eigenvalue weighted by molar-refractivity contribution is -0.122. The number of ether oxygens (including phenoxy) is 1.